The summed E-state index contributed by atoms with van der Waals surface area (Å²) < 4.78 is 5.80. The van der Waals surface area contributed by atoms with Gasteiger partial charge in [0.15, 0.2) is 5.69 Å². The highest BCUT2D eigenvalue weighted by atomic mass is 16.5. The van der Waals surface area contributed by atoms with Gasteiger partial charge in [0.25, 0.3) is 5.91 Å². The molecule has 5 rings (SSSR count). The van der Waals surface area contributed by atoms with Crippen molar-refractivity contribution in [1.82, 2.24) is 25.1 Å². The zero-order valence-corrected chi connectivity index (χ0v) is 21.7. The number of benzene rings is 1. The third-order valence-corrected chi connectivity index (χ3v) is 6.26. The van der Waals surface area contributed by atoms with E-state index in [2.05, 4.69) is 35.7 Å². The molecule has 2 atom stereocenters. The summed E-state index contributed by atoms with van der Waals surface area (Å²) in [5.41, 5.74) is 3.78. The van der Waals surface area contributed by atoms with Crippen LogP contribution in [0.5, 0.6) is 0 Å². The van der Waals surface area contributed by atoms with Crippen LogP contribution in [0.1, 0.15) is 24.3 Å². The van der Waals surface area contributed by atoms with Crippen molar-refractivity contribution in [3.05, 3.63) is 60.7 Å². The van der Waals surface area contributed by atoms with Gasteiger partial charge in [-0.25, -0.2) is 9.78 Å². The fourth-order valence-electron chi connectivity index (χ4n) is 4.47. The number of morpholine rings is 1. The number of ether oxygens (including phenoxy) is 1. The number of pyridine rings is 2. The molecule has 11 heteroatoms. The Morgan fingerprint density at radius 2 is 1.76 bits per heavy atom. The molecule has 3 N–H and O–H groups in total. The molecule has 1 fully saturated rings. The van der Waals surface area contributed by atoms with Gasteiger partial charge in [0.1, 0.15) is 5.82 Å². The maximum absolute atomic E-state index is 13.1. The van der Waals surface area contributed by atoms with Crippen molar-refractivity contribution in [3.63, 3.8) is 0 Å². The second kappa shape index (κ2) is 10.5. The Morgan fingerprint density at radius 3 is 2.47 bits per heavy atom. The van der Waals surface area contributed by atoms with Crippen LogP contribution in [0, 0.1) is 0 Å². The molecule has 11 nitrogen and oxygen atoms in total. The molecule has 1 aromatic carbocycles. The molecule has 196 valence electrons. The molecule has 1 saturated heterocycles. The van der Waals surface area contributed by atoms with E-state index in [4.69, 9.17) is 4.74 Å². The van der Waals surface area contributed by atoms with Crippen LogP contribution in [0.15, 0.2) is 55.0 Å². The number of nitrogens with one attached hydrogen (secondary N) is 3. The van der Waals surface area contributed by atoms with Gasteiger partial charge in [0.05, 0.1) is 41.5 Å². The number of aromatic amines is 1. The van der Waals surface area contributed by atoms with Gasteiger partial charge in [-0.05, 0) is 49.7 Å². The van der Waals surface area contributed by atoms with Crippen LogP contribution in [-0.4, -0.2) is 76.4 Å². The number of hydrogen-bond acceptors (Lipinski definition) is 7. The SMILES string of the molecule is CC1CN(c2ccc(NC(=O)c3n[nH]c4ccc(-c5cncc(NC(=O)N(C)C)c5)cc34)cn2)CC(C)O1. The van der Waals surface area contributed by atoms with Gasteiger partial charge in [0.2, 0.25) is 0 Å². The summed E-state index contributed by atoms with van der Waals surface area (Å²) in [6.07, 6.45) is 5.20. The number of H-pyrrole nitrogens is 1. The van der Waals surface area contributed by atoms with Gasteiger partial charge >= 0.3 is 6.03 Å². The summed E-state index contributed by atoms with van der Waals surface area (Å²) in [5.74, 6) is 0.499. The van der Waals surface area contributed by atoms with Crippen LogP contribution in [0.2, 0.25) is 0 Å². The van der Waals surface area contributed by atoms with E-state index in [0.717, 1.165) is 35.6 Å². The molecule has 0 saturated carbocycles. The van der Waals surface area contributed by atoms with Crippen LogP contribution in [0.3, 0.4) is 0 Å². The zero-order valence-electron chi connectivity index (χ0n) is 21.7. The Hall–Kier alpha value is -4.51. The van der Waals surface area contributed by atoms with Crippen molar-refractivity contribution >= 4 is 40.0 Å². The number of aromatic nitrogens is 4. The lowest BCUT2D eigenvalue weighted by Crippen LogP contribution is -2.45. The zero-order chi connectivity index (χ0) is 26.8. The monoisotopic (exact) mass is 514 g/mol. The number of nitrogens with zero attached hydrogens (tertiary/aromatic N) is 5. The number of carbonyl (C=O) groups is 2. The molecular weight excluding hydrogens is 484 g/mol. The molecule has 3 amide bonds. The molecule has 1 aliphatic rings. The molecule has 3 aromatic heterocycles. The summed E-state index contributed by atoms with van der Waals surface area (Å²) in [7, 11) is 3.34. The van der Waals surface area contributed by atoms with Gasteiger partial charge in [-0.15, -0.1) is 0 Å². The Labute approximate surface area is 220 Å². The molecule has 4 aromatic rings. The van der Waals surface area contributed by atoms with E-state index in [-0.39, 0.29) is 29.8 Å². The molecule has 0 spiro atoms. The van der Waals surface area contributed by atoms with Crippen molar-refractivity contribution in [3.8, 4) is 11.1 Å². The summed E-state index contributed by atoms with van der Waals surface area (Å²) in [4.78, 5) is 37.6. The Kier molecular flexibility index (Phi) is 6.93. The van der Waals surface area contributed by atoms with E-state index < -0.39 is 0 Å². The van der Waals surface area contributed by atoms with Gasteiger partial charge < -0.3 is 25.2 Å². The van der Waals surface area contributed by atoms with Crippen molar-refractivity contribution in [1.29, 1.82) is 0 Å². The van der Waals surface area contributed by atoms with E-state index >= 15 is 0 Å². The predicted octanol–water partition coefficient (Wildman–Crippen LogP) is 3.98. The van der Waals surface area contributed by atoms with E-state index in [9.17, 15) is 9.59 Å². The van der Waals surface area contributed by atoms with E-state index in [0.29, 0.717) is 16.8 Å². The summed E-state index contributed by atoms with van der Waals surface area (Å²) >= 11 is 0. The minimum atomic E-state index is -0.346. The van der Waals surface area contributed by atoms with E-state index in [1.807, 2.05) is 50.2 Å². The number of amides is 3. The third kappa shape index (κ3) is 5.42. The lowest BCUT2D eigenvalue weighted by atomic mass is 10.0. The molecule has 0 bridgehead atoms. The quantitative estimate of drug-likeness (QED) is 0.367. The number of rotatable bonds is 5. The molecule has 0 aliphatic carbocycles. The number of carbonyl (C=O) groups excluding carboxylic acids is 2. The number of anilines is 3. The first-order valence-electron chi connectivity index (χ1n) is 12.4. The van der Waals surface area contributed by atoms with Crippen molar-refractivity contribution in [2.45, 2.75) is 26.1 Å². The Morgan fingerprint density at radius 1 is 0.974 bits per heavy atom. The van der Waals surface area contributed by atoms with Gasteiger partial charge in [-0.3, -0.25) is 14.9 Å². The van der Waals surface area contributed by atoms with Crippen molar-refractivity contribution in [2.24, 2.45) is 0 Å². The molecule has 2 unspecified atom stereocenters. The van der Waals surface area contributed by atoms with Crippen LogP contribution in [-0.2, 0) is 4.74 Å². The molecule has 38 heavy (non-hydrogen) atoms. The first kappa shape index (κ1) is 25.2. The van der Waals surface area contributed by atoms with Gasteiger partial charge in [-0.2, -0.15) is 5.10 Å². The minimum Gasteiger partial charge on any atom is -0.372 e. The normalized spacial score (nSPS) is 17.3. The average molecular weight is 515 g/mol. The molecule has 4 heterocycles. The third-order valence-electron chi connectivity index (χ3n) is 6.26. The van der Waals surface area contributed by atoms with Crippen molar-refractivity contribution < 1.29 is 14.3 Å². The van der Waals surface area contributed by atoms with E-state index in [1.165, 1.54) is 4.90 Å². The van der Waals surface area contributed by atoms with Crippen LogP contribution < -0.4 is 15.5 Å². The van der Waals surface area contributed by atoms with Gasteiger partial charge in [0, 0.05) is 44.3 Å². The second-order valence-corrected chi connectivity index (χ2v) is 9.64. The van der Waals surface area contributed by atoms with Crippen LogP contribution in [0.25, 0.3) is 22.0 Å². The van der Waals surface area contributed by atoms with Gasteiger partial charge in [-0.1, -0.05) is 6.07 Å². The Bertz CT molecular complexity index is 1460. The highest BCUT2D eigenvalue weighted by molar-refractivity contribution is 6.11. The standard InChI is InChI=1S/C27H30N8O3/c1-16-14-35(15-17(2)38-16)24-8-6-20(13-29-24)30-26(36)25-22-10-18(5-7-23(22)32-33-25)19-9-21(12-28-11-19)31-27(37)34(3)4/h5-13,16-17H,14-15H2,1-4H3,(H,30,36)(H,31,37)(H,32,33). The second-order valence-electron chi connectivity index (χ2n) is 9.64. The van der Waals surface area contributed by atoms with E-state index in [1.54, 1.807) is 32.7 Å². The number of fused-ring (bicyclic) bond motifs is 1. The topological polar surface area (TPSA) is 128 Å². The minimum absolute atomic E-state index is 0.132. The lowest BCUT2D eigenvalue weighted by Gasteiger charge is -2.36. The number of hydrogen-bond donors (Lipinski definition) is 3. The first-order valence-corrected chi connectivity index (χ1v) is 12.4. The summed E-state index contributed by atoms with van der Waals surface area (Å²) in [6, 6.07) is 11.0. The smallest absolute Gasteiger partial charge is 0.321 e. The highest BCUT2D eigenvalue weighted by Gasteiger charge is 2.23. The highest BCUT2D eigenvalue weighted by Crippen LogP contribution is 2.27. The summed E-state index contributed by atoms with van der Waals surface area (Å²) in [6.45, 7) is 5.64. The Balaban J connectivity index is 1.33. The first-order chi connectivity index (χ1) is 18.3. The number of urea groups is 1. The maximum atomic E-state index is 13.1. The fraction of sp³-hybridized carbons (Fsp3) is 0.296. The average Bonchev–Trinajstić information content (AvgIpc) is 3.32. The largest absolute Gasteiger partial charge is 0.372 e. The molecule has 0 radical (unpaired) electrons. The molecular formula is C27H30N8O3. The van der Waals surface area contributed by atoms with Crippen LogP contribution >= 0.6 is 0 Å². The molecule has 1 aliphatic heterocycles. The fourth-order valence-corrected chi connectivity index (χ4v) is 4.47. The maximum Gasteiger partial charge on any atom is 0.321 e. The predicted molar refractivity (Wildman–Crippen MR) is 146 cm³/mol. The van der Waals surface area contributed by atoms with Crippen molar-refractivity contribution in [2.75, 3.05) is 42.7 Å². The summed E-state index contributed by atoms with van der Waals surface area (Å²) in [5, 5.41) is 13.5. The van der Waals surface area contributed by atoms with Crippen LogP contribution in [0.4, 0.5) is 22.0 Å². The lowest BCUT2D eigenvalue weighted by molar-refractivity contribution is -0.00545.